The molecule has 0 radical (unpaired) electrons. The lowest BCUT2D eigenvalue weighted by Gasteiger charge is -2.12. The number of aryl methyl sites for hydroxylation is 1. The molecule has 0 aliphatic heterocycles. The first-order valence-corrected chi connectivity index (χ1v) is 6.62. The fourth-order valence-corrected chi connectivity index (χ4v) is 2.07. The van der Waals surface area contributed by atoms with E-state index in [9.17, 15) is 4.79 Å². The molecule has 0 fully saturated rings. The number of amides is 1. The first kappa shape index (κ1) is 14.3. The van der Waals surface area contributed by atoms with Crippen LogP contribution in [0.1, 0.15) is 30.8 Å². The van der Waals surface area contributed by atoms with Crippen LogP contribution >= 0.6 is 15.9 Å². The van der Waals surface area contributed by atoms with Crippen LogP contribution in [0, 0.1) is 5.92 Å². The van der Waals surface area contributed by atoms with Gasteiger partial charge < -0.3 is 15.0 Å². The van der Waals surface area contributed by atoms with Crippen molar-refractivity contribution in [1.82, 2.24) is 9.88 Å². The van der Waals surface area contributed by atoms with Crippen LogP contribution in [-0.2, 0) is 6.54 Å². The Kier molecular flexibility index (Phi) is 5.71. The van der Waals surface area contributed by atoms with Gasteiger partial charge in [-0.3, -0.25) is 4.79 Å². The summed E-state index contributed by atoms with van der Waals surface area (Å²) in [5, 5.41) is 11.7. The molecule has 5 heteroatoms. The summed E-state index contributed by atoms with van der Waals surface area (Å²) < 4.78 is 2.81. The van der Waals surface area contributed by atoms with E-state index in [0.29, 0.717) is 18.7 Å². The van der Waals surface area contributed by atoms with Gasteiger partial charge >= 0.3 is 0 Å². The summed E-state index contributed by atoms with van der Waals surface area (Å²) in [5.41, 5.74) is 0.663. The molecule has 0 spiro atoms. The van der Waals surface area contributed by atoms with Gasteiger partial charge in [0.25, 0.3) is 5.91 Å². The van der Waals surface area contributed by atoms with Crippen LogP contribution in [0.15, 0.2) is 16.7 Å². The Labute approximate surface area is 110 Å². The van der Waals surface area contributed by atoms with Gasteiger partial charge in [-0.25, -0.2) is 0 Å². The molecule has 1 heterocycles. The Morgan fingerprint density at radius 1 is 1.65 bits per heavy atom. The lowest BCUT2D eigenvalue weighted by atomic mass is 10.1. The predicted molar refractivity (Wildman–Crippen MR) is 71.0 cm³/mol. The van der Waals surface area contributed by atoms with E-state index in [4.69, 9.17) is 5.11 Å². The Morgan fingerprint density at radius 3 is 2.94 bits per heavy atom. The van der Waals surface area contributed by atoms with Crippen LogP contribution in [0.2, 0.25) is 0 Å². The van der Waals surface area contributed by atoms with Crippen LogP contribution in [0.25, 0.3) is 0 Å². The summed E-state index contributed by atoms with van der Waals surface area (Å²) >= 11 is 3.36. The van der Waals surface area contributed by atoms with Crippen molar-refractivity contribution < 1.29 is 9.90 Å². The van der Waals surface area contributed by atoms with E-state index < -0.39 is 0 Å². The molecule has 4 nitrogen and oxygen atoms in total. The number of nitrogens with one attached hydrogen (secondary N) is 1. The molecular weight excluding hydrogens is 284 g/mol. The maximum atomic E-state index is 11.9. The fraction of sp³-hybridized carbons (Fsp3) is 0.583. The number of aliphatic hydroxyl groups excluding tert-OH is 1. The van der Waals surface area contributed by atoms with Crippen LogP contribution in [0.4, 0.5) is 0 Å². The minimum atomic E-state index is -0.0673. The number of carbonyl (C=O) groups excluding carboxylic acids is 1. The van der Waals surface area contributed by atoms with Gasteiger partial charge in [0, 0.05) is 30.4 Å². The minimum Gasteiger partial charge on any atom is -0.396 e. The molecule has 0 aliphatic carbocycles. The molecule has 0 bridgehead atoms. The van der Waals surface area contributed by atoms with Crippen LogP contribution in [-0.4, -0.2) is 28.7 Å². The van der Waals surface area contributed by atoms with E-state index in [-0.39, 0.29) is 18.4 Å². The largest absolute Gasteiger partial charge is 0.396 e. The number of rotatable bonds is 6. The van der Waals surface area contributed by atoms with Crippen molar-refractivity contribution in [2.24, 2.45) is 5.92 Å². The Balaban J connectivity index is 2.57. The Bertz CT molecular complexity index is 377. The monoisotopic (exact) mass is 302 g/mol. The minimum absolute atomic E-state index is 0.0673. The first-order valence-electron chi connectivity index (χ1n) is 5.83. The number of aromatic nitrogens is 1. The summed E-state index contributed by atoms with van der Waals surface area (Å²) in [6, 6.07) is 1.82. The standard InChI is InChI=1S/C12H19BrN2O2/c1-3-15-8-10(13)6-11(15)12(17)14-7-9(2)4-5-16/h6,8-9,16H,3-5,7H2,1-2H3,(H,14,17). The maximum absolute atomic E-state index is 11.9. The molecule has 0 saturated carbocycles. The molecule has 2 N–H and O–H groups in total. The van der Waals surface area contributed by atoms with Crippen molar-refractivity contribution >= 4 is 21.8 Å². The highest BCUT2D eigenvalue weighted by molar-refractivity contribution is 9.10. The van der Waals surface area contributed by atoms with Gasteiger partial charge in [-0.05, 0) is 41.3 Å². The second kappa shape index (κ2) is 6.81. The summed E-state index contributed by atoms with van der Waals surface area (Å²) in [7, 11) is 0. The van der Waals surface area contributed by atoms with Gasteiger partial charge in [-0.15, -0.1) is 0 Å². The molecule has 1 rings (SSSR count). The zero-order valence-electron chi connectivity index (χ0n) is 10.2. The normalized spacial score (nSPS) is 12.5. The molecule has 17 heavy (non-hydrogen) atoms. The predicted octanol–water partition coefficient (Wildman–Crippen LogP) is 2.02. The van der Waals surface area contributed by atoms with Gasteiger partial charge in [0.1, 0.15) is 5.69 Å². The highest BCUT2D eigenvalue weighted by Gasteiger charge is 2.12. The third kappa shape index (κ3) is 4.16. The average Bonchev–Trinajstić information content (AvgIpc) is 2.68. The quantitative estimate of drug-likeness (QED) is 0.845. The van der Waals surface area contributed by atoms with Gasteiger partial charge in [0.15, 0.2) is 0 Å². The summed E-state index contributed by atoms with van der Waals surface area (Å²) in [6.07, 6.45) is 2.60. The van der Waals surface area contributed by atoms with Gasteiger partial charge in [0.05, 0.1) is 0 Å². The van der Waals surface area contributed by atoms with Gasteiger partial charge in [-0.1, -0.05) is 6.92 Å². The lowest BCUT2D eigenvalue weighted by Crippen LogP contribution is -2.30. The van der Waals surface area contributed by atoms with Crippen molar-refractivity contribution in [3.8, 4) is 0 Å². The number of hydrogen-bond acceptors (Lipinski definition) is 2. The first-order chi connectivity index (χ1) is 8.08. The molecule has 96 valence electrons. The molecule has 1 atom stereocenters. The van der Waals surface area contributed by atoms with E-state index in [1.165, 1.54) is 0 Å². The number of hydrogen-bond donors (Lipinski definition) is 2. The van der Waals surface area contributed by atoms with Crippen molar-refractivity contribution in [2.75, 3.05) is 13.2 Å². The molecular formula is C12H19BrN2O2. The highest BCUT2D eigenvalue weighted by atomic mass is 79.9. The lowest BCUT2D eigenvalue weighted by molar-refractivity contribution is 0.0936. The van der Waals surface area contributed by atoms with Gasteiger partial charge in [-0.2, -0.15) is 0 Å². The molecule has 0 aromatic carbocycles. The van der Waals surface area contributed by atoms with E-state index in [1.54, 1.807) is 0 Å². The molecule has 1 unspecified atom stereocenters. The third-order valence-electron chi connectivity index (χ3n) is 2.67. The second-order valence-electron chi connectivity index (χ2n) is 4.16. The van der Waals surface area contributed by atoms with Gasteiger partial charge in [0.2, 0.25) is 0 Å². The molecule has 1 aromatic rings. The Hall–Kier alpha value is -0.810. The summed E-state index contributed by atoms with van der Waals surface area (Å²) in [4.78, 5) is 11.9. The highest BCUT2D eigenvalue weighted by Crippen LogP contribution is 2.15. The van der Waals surface area contributed by atoms with Crippen molar-refractivity contribution in [1.29, 1.82) is 0 Å². The zero-order chi connectivity index (χ0) is 12.8. The maximum Gasteiger partial charge on any atom is 0.267 e. The molecule has 0 aliphatic rings. The number of aliphatic hydroxyl groups is 1. The number of nitrogens with zero attached hydrogens (tertiary/aromatic N) is 1. The molecule has 1 aromatic heterocycles. The SMILES string of the molecule is CCn1cc(Br)cc1C(=O)NCC(C)CCO. The van der Waals surface area contributed by atoms with Crippen molar-refractivity contribution in [2.45, 2.75) is 26.8 Å². The third-order valence-corrected chi connectivity index (χ3v) is 3.10. The van der Waals surface area contributed by atoms with E-state index in [1.807, 2.05) is 30.7 Å². The molecule has 1 amide bonds. The smallest absolute Gasteiger partial charge is 0.267 e. The summed E-state index contributed by atoms with van der Waals surface area (Å²) in [6.45, 7) is 5.52. The van der Waals surface area contributed by atoms with Crippen molar-refractivity contribution in [3.63, 3.8) is 0 Å². The van der Waals surface area contributed by atoms with E-state index >= 15 is 0 Å². The van der Waals surface area contributed by atoms with E-state index in [0.717, 1.165) is 11.0 Å². The molecule has 0 saturated heterocycles. The number of halogens is 1. The fourth-order valence-electron chi connectivity index (χ4n) is 1.61. The summed E-state index contributed by atoms with van der Waals surface area (Å²) in [5.74, 6) is 0.222. The van der Waals surface area contributed by atoms with Crippen LogP contribution in [0.3, 0.4) is 0 Å². The average molecular weight is 303 g/mol. The second-order valence-corrected chi connectivity index (χ2v) is 5.07. The van der Waals surface area contributed by atoms with Crippen LogP contribution < -0.4 is 5.32 Å². The Morgan fingerprint density at radius 2 is 2.35 bits per heavy atom. The topological polar surface area (TPSA) is 54.3 Å². The number of carbonyl (C=O) groups is 1. The van der Waals surface area contributed by atoms with E-state index in [2.05, 4.69) is 21.2 Å². The zero-order valence-corrected chi connectivity index (χ0v) is 11.8. The van der Waals surface area contributed by atoms with Crippen LogP contribution in [0.5, 0.6) is 0 Å². The van der Waals surface area contributed by atoms with Crippen molar-refractivity contribution in [3.05, 3.63) is 22.4 Å².